The molecule has 0 aromatic carbocycles. The van der Waals surface area contributed by atoms with Crippen LogP contribution in [0.3, 0.4) is 0 Å². The summed E-state index contributed by atoms with van der Waals surface area (Å²) >= 11 is 0. The van der Waals surface area contributed by atoms with Crippen molar-refractivity contribution in [2.24, 2.45) is 0 Å². The zero-order valence-electron chi connectivity index (χ0n) is 6.15. The maximum absolute atomic E-state index is 3.70. The smallest absolute Gasteiger partial charge is 0.0514 e. The first-order valence-electron chi connectivity index (χ1n) is 3.38. The molecule has 0 saturated heterocycles. The number of hydrogen-bond donors (Lipinski definition) is 0. The molecule has 0 N–H and O–H groups in total. The van der Waals surface area contributed by atoms with Crippen molar-refractivity contribution in [3.8, 4) is 0 Å². The molecule has 0 radical (unpaired) electrons. The van der Waals surface area contributed by atoms with Crippen LogP contribution in [0.15, 0.2) is 36.7 Å². The molecule has 0 aliphatic rings. The molecule has 0 aliphatic heterocycles. The molecule has 0 fully saturated rings. The van der Waals surface area contributed by atoms with E-state index >= 15 is 0 Å². The van der Waals surface area contributed by atoms with E-state index in [4.69, 9.17) is 0 Å². The number of hydrogen-bond acceptors (Lipinski definition) is 4. The first-order chi connectivity index (χ1) is 5.97. The maximum atomic E-state index is 3.70. The molecule has 0 unspecified atom stereocenters. The summed E-state index contributed by atoms with van der Waals surface area (Å²) < 4.78 is 2.93. The molecular weight excluding hydrogens is 156 g/mol. The Kier molecular flexibility index (Phi) is 1.65. The minimum Gasteiger partial charge on any atom is -0.137 e. The Hall–Kier alpha value is -1.98. The highest BCUT2D eigenvalue weighted by atomic mass is 15.7. The van der Waals surface area contributed by atoms with Crippen LogP contribution in [0.1, 0.15) is 0 Å². The SMILES string of the molecule is c1cccn2nnnnn2cc1. The van der Waals surface area contributed by atoms with Gasteiger partial charge in [0.2, 0.25) is 0 Å². The number of rotatable bonds is 0. The summed E-state index contributed by atoms with van der Waals surface area (Å²) in [4.78, 5) is 0. The molecule has 0 aliphatic carbocycles. The molecule has 2 aromatic heterocycles. The summed E-state index contributed by atoms with van der Waals surface area (Å²) in [6.07, 6.45) is 3.45. The molecule has 2 heterocycles. The van der Waals surface area contributed by atoms with Crippen molar-refractivity contribution in [3.63, 3.8) is 0 Å². The summed E-state index contributed by atoms with van der Waals surface area (Å²) in [7, 11) is 0. The summed E-state index contributed by atoms with van der Waals surface area (Å²) in [5.74, 6) is 0. The standard InChI is InChI=1S/C6H6N6/c1-2-4-6-12-10-8-7-9-11(12)5-3-1/h1-6H. The molecule has 2 aromatic rings. The average molecular weight is 162 g/mol. The van der Waals surface area contributed by atoms with Gasteiger partial charge in [0.05, 0.1) is 12.4 Å². The van der Waals surface area contributed by atoms with E-state index in [2.05, 4.69) is 20.9 Å². The lowest BCUT2D eigenvalue weighted by molar-refractivity contribution is 0.470. The lowest BCUT2D eigenvalue weighted by Crippen LogP contribution is -2.10. The Bertz CT molecular complexity index is 374. The minimum atomic E-state index is 1.47. The minimum absolute atomic E-state index is 1.47. The lowest BCUT2D eigenvalue weighted by atomic mass is 10.5. The van der Waals surface area contributed by atoms with Gasteiger partial charge in [0, 0.05) is 0 Å². The van der Waals surface area contributed by atoms with Gasteiger partial charge < -0.3 is 0 Å². The second-order valence-electron chi connectivity index (χ2n) is 2.07. The summed E-state index contributed by atoms with van der Waals surface area (Å²) in [5, 5.41) is 14.2. The van der Waals surface area contributed by atoms with Crippen LogP contribution < -0.4 is 0 Å². The van der Waals surface area contributed by atoms with Gasteiger partial charge in [-0.15, -0.1) is 9.26 Å². The first-order valence-corrected chi connectivity index (χ1v) is 3.38. The summed E-state index contributed by atoms with van der Waals surface area (Å²) in [6.45, 7) is 0. The molecule has 0 bridgehead atoms. The van der Waals surface area contributed by atoms with Crippen molar-refractivity contribution in [2.75, 3.05) is 0 Å². The molecule has 0 saturated carbocycles. The molecule has 6 nitrogen and oxygen atoms in total. The van der Waals surface area contributed by atoms with E-state index in [9.17, 15) is 0 Å². The largest absolute Gasteiger partial charge is 0.137 e. The predicted octanol–water partition coefficient (Wildman–Crippen LogP) is -0.257. The number of nitrogens with zero attached hydrogens (tertiary/aromatic N) is 6. The van der Waals surface area contributed by atoms with Crippen LogP contribution in [0.2, 0.25) is 0 Å². The van der Waals surface area contributed by atoms with E-state index < -0.39 is 0 Å². The molecule has 12 heavy (non-hydrogen) atoms. The van der Waals surface area contributed by atoms with Gasteiger partial charge in [-0.3, -0.25) is 0 Å². The van der Waals surface area contributed by atoms with Crippen molar-refractivity contribution in [1.82, 2.24) is 30.1 Å². The Morgan fingerprint density at radius 3 is 1.67 bits per heavy atom. The highest BCUT2D eigenvalue weighted by Gasteiger charge is 1.81. The van der Waals surface area contributed by atoms with E-state index in [1.165, 1.54) is 9.26 Å². The fourth-order valence-corrected chi connectivity index (χ4v) is 0.778. The Labute approximate surface area is 67.7 Å². The van der Waals surface area contributed by atoms with Crippen LogP contribution in [-0.4, -0.2) is 30.1 Å². The highest BCUT2D eigenvalue weighted by Crippen LogP contribution is 1.78. The van der Waals surface area contributed by atoms with Gasteiger partial charge >= 0.3 is 0 Å². The van der Waals surface area contributed by atoms with Gasteiger partial charge in [0.15, 0.2) is 0 Å². The van der Waals surface area contributed by atoms with Crippen LogP contribution in [0.25, 0.3) is 0 Å². The number of fused-ring (bicyclic) bond motifs is 1. The van der Waals surface area contributed by atoms with Crippen molar-refractivity contribution in [1.29, 1.82) is 0 Å². The summed E-state index contributed by atoms with van der Waals surface area (Å²) in [5.41, 5.74) is 0. The second-order valence-corrected chi connectivity index (χ2v) is 2.07. The maximum Gasteiger partial charge on any atom is 0.0514 e. The van der Waals surface area contributed by atoms with Crippen molar-refractivity contribution < 1.29 is 0 Å². The molecule has 0 atom stereocenters. The Morgan fingerprint density at radius 2 is 1.17 bits per heavy atom. The predicted molar refractivity (Wildman–Crippen MR) is 39.7 cm³/mol. The quantitative estimate of drug-likeness (QED) is 0.535. The average Bonchev–Trinajstić information content (AvgIpc) is 2.06. The third-order valence-electron chi connectivity index (χ3n) is 1.29. The van der Waals surface area contributed by atoms with Gasteiger partial charge in [-0.25, -0.2) is 0 Å². The monoisotopic (exact) mass is 162 g/mol. The van der Waals surface area contributed by atoms with Gasteiger partial charge in [-0.1, -0.05) is 12.1 Å². The molecular formula is C6H6N6. The van der Waals surface area contributed by atoms with Gasteiger partial charge in [0.1, 0.15) is 0 Å². The van der Waals surface area contributed by atoms with E-state index in [1.807, 2.05) is 24.3 Å². The molecule has 0 spiro atoms. The highest BCUT2D eigenvalue weighted by molar-refractivity contribution is 4.89. The van der Waals surface area contributed by atoms with Crippen LogP contribution >= 0.6 is 0 Å². The topological polar surface area (TPSA) is 60.4 Å². The fourth-order valence-electron chi connectivity index (χ4n) is 0.778. The van der Waals surface area contributed by atoms with Crippen molar-refractivity contribution in [3.05, 3.63) is 36.7 Å². The first kappa shape index (κ1) is 6.71. The molecule has 6 heteroatoms. The van der Waals surface area contributed by atoms with E-state index in [0.29, 0.717) is 0 Å². The number of aromatic nitrogens is 6. The van der Waals surface area contributed by atoms with Crippen LogP contribution in [-0.2, 0) is 0 Å². The lowest BCUT2D eigenvalue weighted by Gasteiger charge is -1.93. The normalized spacial score (nSPS) is 9.67. The third-order valence-corrected chi connectivity index (χ3v) is 1.29. The van der Waals surface area contributed by atoms with E-state index in [-0.39, 0.29) is 0 Å². The van der Waals surface area contributed by atoms with Crippen LogP contribution in [0.5, 0.6) is 0 Å². The van der Waals surface area contributed by atoms with E-state index in [0.717, 1.165) is 0 Å². The van der Waals surface area contributed by atoms with Crippen molar-refractivity contribution >= 4 is 0 Å². The molecule has 60 valence electrons. The van der Waals surface area contributed by atoms with Crippen molar-refractivity contribution in [2.45, 2.75) is 0 Å². The van der Waals surface area contributed by atoms with Gasteiger partial charge in [0.25, 0.3) is 0 Å². The van der Waals surface area contributed by atoms with Gasteiger partial charge in [-0.05, 0) is 33.0 Å². The van der Waals surface area contributed by atoms with E-state index in [1.54, 1.807) is 12.4 Å². The van der Waals surface area contributed by atoms with Crippen LogP contribution in [0, 0.1) is 0 Å². The van der Waals surface area contributed by atoms with Gasteiger partial charge in [-0.2, -0.15) is 0 Å². The van der Waals surface area contributed by atoms with Crippen LogP contribution in [0.4, 0.5) is 0 Å². The Morgan fingerprint density at radius 1 is 0.667 bits per heavy atom. The second kappa shape index (κ2) is 2.95. The fraction of sp³-hybridized carbons (Fsp3) is 0. The third kappa shape index (κ3) is 1.22. The zero-order chi connectivity index (χ0) is 8.23. The summed E-state index contributed by atoms with van der Waals surface area (Å²) in [6, 6.07) is 7.43. The zero-order valence-corrected chi connectivity index (χ0v) is 6.15. The molecule has 2 rings (SSSR count). The molecule has 0 amide bonds. The Balaban J connectivity index is 2.83.